The van der Waals surface area contributed by atoms with E-state index in [9.17, 15) is 21.9 Å². The molecular weight excluding hydrogens is 381 g/mol. The Bertz CT molecular complexity index is 721. The minimum Gasteiger partial charge on any atom is -0.465 e. The molecule has 1 aliphatic heterocycles. The Labute approximate surface area is 135 Å². The topological polar surface area (TPSA) is 80.8 Å². The number of ether oxygens (including phenoxy) is 1. The van der Waals surface area contributed by atoms with E-state index in [0.717, 1.165) is 0 Å². The largest absolute Gasteiger partial charge is 0.465 e. The molecule has 1 aliphatic rings. The Kier molecular flexibility index (Phi) is 4.86. The standard InChI is InChI=1S/C13H13BrFNO5S/c1-21-13(18)9-2-3-10(14)11(5-9)16-6-8(4-12(16)17)7-22(15,19)20/h2-3,5,8H,4,6-7H2,1H3. The van der Waals surface area contributed by atoms with Crippen molar-refractivity contribution < 1.29 is 26.6 Å². The van der Waals surface area contributed by atoms with Crippen LogP contribution in [0.1, 0.15) is 16.8 Å². The van der Waals surface area contributed by atoms with Gasteiger partial charge in [-0.2, -0.15) is 8.42 Å². The summed E-state index contributed by atoms with van der Waals surface area (Å²) >= 11 is 3.28. The molecule has 9 heteroatoms. The zero-order valence-electron chi connectivity index (χ0n) is 11.6. The normalized spacial score (nSPS) is 18.6. The molecule has 2 rings (SSSR count). The number of anilines is 1. The summed E-state index contributed by atoms with van der Waals surface area (Å²) < 4.78 is 39.4. The van der Waals surface area contributed by atoms with Crippen molar-refractivity contribution in [2.24, 2.45) is 5.92 Å². The summed E-state index contributed by atoms with van der Waals surface area (Å²) in [6, 6.07) is 4.59. The van der Waals surface area contributed by atoms with Crippen LogP contribution in [0.25, 0.3) is 0 Å². The molecule has 0 aromatic heterocycles. The second-order valence-electron chi connectivity index (χ2n) is 4.94. The lowest BCUT2D eigenvalue weighted by atomic mass is 10.1. The summed E-state index contributed by atoms with van der Waals surface area (Å²) in [5, 5.41) is 0. The molecule has 1 unspecified atom stereocenters. The number of amides is 1. The lowest BCUT2D eigenvalue weighted by molar-refractivity contribution is -0.117. The van der Waals surface area contributed by atoms with E-state index in [4.69, 9.17) is 0 Å². The van der Waals surface area contributed by atoms with E-state index in [0.29, 0.717) is 10.2 Å². The molecule has 0 aliphatic carbocycles. The molecule has 1 saturated heterocycles. The van der Waals surface area contributed by atoms with Gasteiger partial charge in [0.1, 0.15) is 0 Å². The Morgan fingerprint density at radius 3 is 2.77 bits per heavy atom. The summed E-state index contributed by atoms with van der Waals surface area (Å²) in [4.78, 5) is 24.9. The third-order valence-corrected chi connectivity index (χ3v) is 4.84. The first-order chi connectivity index (χ1) is 10.2. The van der Waals surface area contributed by atoms with Crippen molar-refractivity contribution in [2.45, 2.75) is 6.42 Å². The van der Waals surface area contributed by atoms with E-state index in [2.05, 4.69) is 20.7 Å². The van der Waals surface area contributed by atoms with Crippen LogP contribution in [0.5, 0.6) is 0 Å². The van der Waals surface area contributed by atoms with Crippen LogP contribution in [0, 0.1) is 5.92 Å². The number of halogens is 2. The fourth-order valence-electron chi connectivity index (χ4n) is 2.37. The Hall–Kier alpha value is -1.48. The van der Waals surface area contributed by atoms with Crippen molar-refractivity contribution in [3.05, 3.63) is 28.2 Å². The van der Waals surface area contributed by atoms with Crippen LogP contribution in [0.15, 0.2) is 22.7 Å². The van der Waals surface area contributed by atoms with Crippen LogP contribution >= 0.6 is 15.9 Å². The third-order valence-electron chi connectivity index (χ3n) is 3.30. The number of nitrogens with zero attached hydrogens (tertiary/aromatic N) is 1. The number of rotatable bonds is 4. The van der Waals surface area contributed by atoms with Gasteiger partial charge in [0.15, 0.2) is 0 Å². The maximum absolute atomic E-state index is 12.8. The monoisotopic (exact) mass is 393 g/mol. The molecule has 6 nitrogen and oxygen atoms in total. The second kappa shape index (κ2) is 6.33. The molecule has 120 valence electrons. The zero-order valence-corrected chi connectivity index (χ0v) is 14.0. The highest BCUT2D eigenvalue weighted by molar-refractivity contribution is 9.10. The highest BCUT2D eigenvalue weighted by atomic mass is 79.9. The molecule has 0 N–H and O–H groups in total. The lowest BCUT2D eigenvalue weighted by Crippen LogP contribution is -2.26. The van der Waals surface area contributed by atoms with Gasteiger partial charge < -0.3 is 9.64 Å². The van der Waals surface area contributed by atoms with E-state index < -0.39 is 27.9 Å². The van der Waals surface area contributed by atoms with Crippen LogP contribution in [0.4, 0.5) is 9.57 Å². The van der Waals surface area contributed by atoms with Crippen LogP contribution in [0.2, 0.25) is 0 Å². The number of carbonyl (C=O) groups is 2. The Balaban J connectivity index is 2.28. The van der Waals surface area contributed by atoms with Gasteiger partial charge >= 0.3 is 16.2 Å². The van der Waals surface area contributed by atoms with Crippen LogP contribution in [-0.2, 0) is 19.8 Å². The SMILES string of the molecule is COC(=O)c1ccc(Br)c(N2CC(CS(=O)(=O)F)CC2=O)c1. The van der Waals surface area contributed by atoms with Gasteiger partial charge in [-0.15, -0.1) is 3.89 Å². The summed E-state index contributed by atoms with van der Waals surface area (Å²) in [6.45, 7) is 0.0746. The van der Waals surface area contributed by atoms with Crippen molar-refractivity contribution >= 4 is 43.7 Å². The van der Waals surface area contributed by atoms with E-state index in [1.807, 2.05) is 0 Å². The van der Waals surface area contributed by atoms with E-state index in [1.165, 1.54) is 24.1 Å². The predicted molar refractivity (Wildman–Crippen MR) is 80.8 cm³/mol. The Morgan fingerprint density at radius 1 is 1.50 bits per heavy atom. The second-order valence-corrected chi connectivity index (χ2v) is 7.20. The van der Waals surface area contributed by atoms with Crippen LogP contribution < -0.4 is 4.90 Å². The molecule has 0 saturated carbocycles. The number of methoxy groups -OCH3 is 1. The average Bonchev–Trinajstić information content (AvgIpc) is 2.76. The van der Waals surface area contributed by atoms with Crippen molar-refractivity contribution in [2.75, 3.05) is 24.3 Å². The molecule has 0 spiro atoms. The minimum absolute atomic E-state index is 0.0575. The molecule has 1 atom stereocenters. The van der Waals surface area contributed by atoms with Gasteiger partial charge in [-0.25, -0.2) is 4.79 Å². The molecule has 1 aromatic rings. The molecule has 1 fully saturated rings. The molecule has 1 heterocycles. The van der Waals surface area contributed by atoms with Gasteiger partial charge in [0.2, 0.25) is 5.91 Å². The number of carbonyl (C=O) groups excluding carboxylic acids is 2. The maximum Gasteiger partial charge on any atom is 0.337 e. The summed E-state index contributed by atoms with van der Waals surface area (Å²) in [5.74, 6) is -2.18. The van der Waals surface area contributed by atoms with Crippen molar-refractivity contribution in [1.29, 1.82) is 0 Å². The third kappa shape index (κ3) is 3.83. The van der Waals surface area contributed by atoms with Crippen molar-refractivity contribution in [3.8, 4) is 0 Å². The Morgan fingerprint density at radius 2 is 2.18 bits per heavy atom. The van der Waals surface area contributed by atoms with Gasteiger partial charge in [0.05, 0.1) is 24.1 Å². The molecule has 1 amide bonds. The van der Waals surface area contributed by atoms with Gasteiger partial charge in [0, 0.05) is 23.4 Å². The molecule has 0 bridgehead atoms. The number of hydrogen-bond donors (Lipinski definition) is 0. The lowest BCUT2D eigenvalue weighted by Gasteiger charge is -2.19. The highest BCUT2D eigenvalue weighted by Crippen LogP contribution is 2.33. The predicted octanol–water partition coefficient (Wildman–Crippen LogP) is 1.89. The first-order valence-corrected chi connectivity index (χ1v) is 8.66. The van der Waals surface area contributed by atoms with Crippen molar-refractivity contribution in [3.63, 3.8) is 0 Å². The van der Waals surface area contributed by atoms with E-state index in [1.54, 1.807) is 6.07 Å². The average molecular weight is 394 g/mol. The number of hydrogen-bond acceptors (Lipinski definition) is 5. The van der Waals surface area contributed by atoms with Crippen molar-refractivity contribution in [1.82, 2.24) is 0 Å². The minimum atomic E-state index is -4.64. The van der Waals surface area contributed by atoms with Gasteiger partial charge in [-0.3, -0.25) is 4.79 Å². The smallest absolute Gasteiger partial charge is 0.337 e. The molecule has 22 heavy (non-hydrogen) atoms. The summed E-state index contributed by atoms with van der Waals surface area (Å²) in [7, 11) is -3.39. The quantitative estimate of drug-likeness (QED) is 0.576. The van der Waals surface area contributed by atoms with E-state index in [-0.39, 0.29) is 24.4 Å². The van der Waals surface area contributed by atoms with Gasteiger partial charge in [-0.1, -0.05) is 0 Å². The summed E-state index contributed by atoms with van der Waals surface area (Å²) in [5.41, 5.74) is 0.682. The van der Waals surface area contributed by atoms with Crippen LogP contribution in [-0.4, -0.2) is 39.7 Å². The fraction of sp³-hybridized carbons (Fsp3) is 0.385. The van der Waals surface area contributed by atoms with Gasteiger partial charge in [-0.05, 0) is 34.1 Å². The van der Waals surface area contributed by atoms with E-state index >= 15 is 0 Å². The molecule has 1 aromatic carbocycles. The first kappa shape index (κ1) is 16.9. The molecular formula is C13H13BrFNO5S. The molecule has 0 radical (unpaired) electrons. The fourth-order valence-corrected chi connectivity index (χ4v) is 3.62. The number of esters is 1. The zero-order chi connectivity index (χ0) is 16.5. The first-order valence-electron chi connectivity index (χ1n) is 6.32. The van der Waals surface area contributed by atoms with Crippen LogP contribution in [0.3, 0.4) is 0 Å². The van der Waals surface area contributed by atoms with Gasteiger partial charge in [0.25, 0.3) is 0 Å². The summed E-state index contributed by atoms with van der Waals surface area (Å²) in [6.07, 6.45) is -0.0575. The number of benzene rings is 1. The highest BCUT2D eigenvalue weighted by Gasteiger charge is 2.34. The maximum atomic E-state index is 12.8.